The Morgan fingerprint density at radius 3 is 3.22 bits per heavy atom. The molecule has 18 heavy (non-hydrogen) atoms. The molecule has 2 heterocycles. The fraction of sp³-hybridized carbons (Fsp3) is 0.462. The molecule has 0 radical (unpaired) electrons. The van der Waals surface area contributed by atoms with E-state index < -0.39 is 0 Å². The van der Waals surface area contributed by atoms with Crippen molar-refractivity contribution in [1.29, 1.82) is 5.26 Å². The number of likely N-dealkylation sites (tertiary alicyclic amines) is 1. The number of nitrogens with one attached hydrogen (secondary N) is 1. The van der Waals surface area contributed by atoms with Crippen LogP contribution in [0, 0.1) is 11.3 Å². The highest BCUT2D eigenvalue weighted by atomic mass is 16.2. The Balaban J connectivity index is 1.92. The molecular weight excluding hydrogens is 228 g/mol. The van der Waals surface area contributed by atoms with Crippen molar-refractivity contribution in [1.82, 2.24) is 15.2 Å². The molecule has 0 aliphatic carbocycles. The summed E-state index contributed by atoms with van der Waals surface area (Å²) in [5.41, 5.74) is 1.37. The van der Waals surface area contributed by atoms with Crippen molar-refractivity contribution in [2.24, 2.45) is 0 Å². The first-order chi connectivity index (χ1) is 8.70. The van der Waals surface area contributed by atoms with Gasteiger partial charge in [0.1, 0.15) is 11.8 Å². The Labute approximate surface area is 106 Å². The zero-order chi connectivity index (χ0) is 13.0. The van der Waals surface area contributed by atoms with Crippen LogP contribution < -0.4 is 5.32 Å². The molecule has 5 nitrogen and oxygen atoms in total. The second-order valence-electron chi connectivity index (χ2n) is 4.51. The summed E-state index contributed by atoms with van der Waals surface area (Å²) in [6.07, 6.45) is 3.06. The van der Waals surface area contributed by atoms with Crippen molar-refractivity contribution < 1.29 is 4.79 Å². The minimum atomic E-state index is 0.201. The summed E-state index contributed by atoms with van der Waals surface area (Å²) >= 11 is 0. The maximum Gasteiger partial charge on any atom is 0.222 e. The largest absolute Gasteiger partial charge is 0.344 e. The first-order valence-corrected chi connectivity index (χ1v) is 6.02. The van der Waals surface area contributed by atoms with Gasteiger partial charge in [-0.2, -0.15) is 5.26 Å². The molecule has 1 unspecified atom stereocenters. The third-order valence-electron chi connectivity index (χ3n) is 3.21. The quantitative estimate of drug-likeness (QED) is 0.848. The van der Waals surface area contributed by atoms with Gasteiger partial charge >= 0.3 is 0 Å². The van der Waals surface area contributed by atoms with E-state index in [0.29, 0.717) is 24.7 Å². The molecule has 1 aromatic rings. The number of amides is 1. The van der Waals surface area contributed by atoms with Crippen LogP contribution in [0.2, 0.25) is 0 Å². The number of rotatable bonds is 3. The van der Waals surface area contributed by atoms with Crippen molar-refractivity contribution in [3.05, 3.63) is 29.6 Å². The van der Waals surface area contributed by atoms with E-state index in [4.69, 9.17) is 5.26 Å². The summed E-state index contributed by atoms with van der Waals surface area (Å²) in [5.74, 6) is 0.201. The summed E-state index contributed by atoms with van der Waals surface area (Å²) in [5, 5.41) is 12.3. The lowest BCUT2D eigenvalue weighted by Gasteiger charge is -2.30. The van der Waals surface area contributed by atoms with Gasteiger partial charge in [-0.1, -0.05) is 6.07 Å². The van der Waals surface area contributed by atoms with Crippen molar-refractivity contribution in [2.75, 3.05) is 13.6 Å². The van der Waals surface area contributed by atoms with Crippen LogP contribution >= 0.6 is 0 Å². The molecule has 1 aliphatic rings. The van der Waals surface area contributed by atoms with Gasteiger partial charge in [0, 0.05) is 44.4 Å². The summed E-state index contributed by atoms with van der Waals surface area (Å²) in [6, 6.07) is 6.10. The minimum Gasteiger partial charge on any atom is -0.344 e. The van der Waals surface area contributed by atoms with Gasteiger partial charge in [0.25, 0.3) is 0 Å². The number of carbonyl (C=O) groups excluding carboxylic acids is 1. The van der Waals surface area contributed by atoms with Gasteiger partial charge in [0.2, 0.25) is 5.91 Å². The van der Waals surface area contributed by atoms with E-state index in [9.17, 15) is 4.79 Å². The van der Waals surface area contributed by atoms with Crippen LogP contribution in [0.1, 0.15) is 24.1 Å². The number of aromatic nitrogens is 1. The summed E-state index contributed by atoms with van der Waals surface area (Å²) in [4.78, 5) is 17.1. The third-order valence-corrected chi connectivity index (χ3v) is 3.21. The predicted molar refractivity (Wildman–Crippen MR) is 66.5 cm³/mol. The van der Waals surface area contributed by atoms with Crippen molar-refractivity contribution in [3.63, 3.8) is 0 Å². The van der Waals surface area contributed by atoms with Crippen LogP contribution in [0.4, 0.5) is 0 Å². The van der Waals surface area contributed by atoms with Crippen molar-refractivity contribution >= 4 is 5.91 Å². The molecule has 1 aliphatic heterocycles. The molecular formula is C13H16N4O. The summed E-state index contributed by atoms with van der Waals surface area (Å²) in [7, 11) is 1.82. The molecule has 0 saturated carbocycles. The van der Waals surface area contributed by atoms with Gasteiger partial charge in [-0.3, -0.25) is 4.79 Å². The zero-order valence-electron chi connectivity index (χ0n) is 10.4. The number of hydrogen-bond acceptors (Lipinski definition) is 4. The van der Waals surface area contributed by atoms with Crippen LogP contribution in [0.15, 0.2) is 18.3 Å². The highest BCUT2D eigenvalue weighted by molar-refractivity contribution is 5.76. The van der Waals surface area contributed by atoms with Gasteiger partial charge in [-0.15, -0.1) is 0 Å². The smallest absolute Gasteiger partial charge is 0.222 e. The Morgan fingerprint density at radius 1 is 1.67 bits per heavy atom. The highest BCUT2D eigenvalue weighted by Crippen LogP contribution is 2.11. The summed E-state index contributed by atoms with van der Waals surface area (Å²) < 4.78 is 0. The van der Waals surface area contributed by atoms with Gasteiger partial charge in [-0.05, 0) is 12.5 Å². The maximum absolute atomic E-state index is 11.4. The molecule has 0 spiro atoms. The van der Waals surface area contributed by atoms with E-state index in [1.165, 1.54) is 0 Å². The van der Waals surface area contributed by atoms with Gasteiger partial charge in [0.15, 0.2) is 0 Å². The number of carbonyl (C=O) groups is 1. The fourth-order valence-corrected chi connectivity index (χ4v) is 2.12. The molecule has 1 atom stereocenters. The molecule has 94 valence electrons. The lowest BCUT2D eigenvalue weighted by Crippen LogP contribution is -2.46. The van der Waals surface area contributed by atoms with Gasteiger partial charge in [-0.25, -0.2) is 4.98 Å². The standard InChI is InChI=1S/C13H16N4O/c1-17-9-11(4-5-13(17)18)16-8-10-3-2-6-15-12(10)7-14/h2-3,6,11,16H,4-5,8-9H2,1H3. The summed E-state index contributed by atoms with van der Waals surface area (Å²) in [6.45, 7) is 1.34. The van der Waals surface area contributed by atoms with Gasteiger partial charge < -0.3 is 10.2 Å². The molecule has 0 bridgehead atoms. The molecule has 1 saturated heterocycles. The third kappa shape index (κ3) is 2.84. The molecule has 1 fully saturated rings. The SMILES string of the molecule is CN1CC(NCc2cccnc2C#N)CCC1=O. The number of nitrogens with zero attached hydrogens (tertiary/aromatic N) is 3. The number of nitriles is 1. The number of pyridine rings is 1. The number of hydrogen-bond donors (Lipinski definition) is 1. The Bertz CT molecular complexity index is 480. The molecule has 2 rings (SSSR count). The van der Waals surface area contributed by atoms with Crippen LogP contribution in [0.25, 0.3) is 0 Å². The predicted octanol–water partition coefficient (Wildman–Crippen LogP) is 0.664. The topological polar surface area (TPSA) is 69.0 Å². The Morgan fingerprint density at radius 2 is 2.50 bits per heavy atom. The van der Waals surface area contributed by atoms with E-state index >= 15 is 0 Å². The van der Waals surface area contributed by atoms with Crippen LogP contribution in [-0.4, -0.2) is 35.4 Å². The average Bonchev–Trinajstić information content (AvgIpc) is 2.40. The van der Waals surface area contributed by atoms with Crippen LogP contribution in [0.5, 0.6) is 0 Å². The lowest BCUT2D eigenvalue weighted by atomic mass is 10.1. The zero-order valence-corrected chi connectivity index (χ0v) is 10.4. The second-order valence-corrected chi connectivity index (χ2v) is 4.51. The lowest BCUT2D eigenvalue weighted by molar-refractivity contribution is -0.132. The van der Waals surface area contributed by atoms with Crippen molar-refractivity contribution in [3.8, 4) is 6.07 Å². The molecule has 1 amide bonds. The molecule has 5 heteroatoms. The van der Waals surface area contributed by atoms with E-state index in [0.717, 1.165) is 18.5 Å². The molecule has 1 aromatic heterocycles. The van der Waals surface area contributed by atoms with Crippen LogP contribution in [-0.2, 0) is 11.3 Å². The molecule has 1 N–H and O–H groups in total. The number of piperidine rings is 1. The van der Waals surface area contributed by atoms with Crippen molar-refractivity contribution in [2.45, 2.75) is 25.4 Å². The number of likely N-dealkylation sites (N-methyl/N-ethyl adjacent to an activating group) is 1. The van der Waals surface area contributed by atoms with E-state index in [1.807, 2.05) is 19.2 Å². The highest BCUT2D eigenvalue weighted by Gasteiger charge is 2.22. The normalized spacial score (nSPS) is 19.7. The first kappa shape index (κ1) is 12.5. The molecule has 0 aromatic carbocycles. The Kier molecular flexibility index (Phi) is 3.90. The Hall–Kier alpha value is -1.93. The first-order valence-electron chi connectivity index (χ1n) is 6.02. The minimum absolute atomic E-state index is 0.201. The maximum atomic E-state index is 11.4. The fourth-order valence-electron chi connectivity index (χ4n) is 2.12. The average molecular weight is 244 g/mol. The van der Waals surface area contributed by atoms with E-state index in [1.54, 1.807) is 11.1 Å². The van der Waals surface area contributed by atoms with E-state index in [-0.39, 0.29) is 5.91 Å². The van der Waals surface area contributed by atoms with Gasteiger partial charge in [0.05, 0.1) is 0 Å². The van der Waals surface area contributed by atoms with Crippen LogP contribution in [0.3, 0.4) is 0 Å². The monoisotopic (exact) mass is 244 g/mol. The second kappa shape index (κ2) is 5.61. The van der Waals surface area contributed by atoms with E-state index in [2.05, 4.69) is 16.4 Å².